The normalized spacial score (nSPS) is 11.3. The molecule has 0 bridgehead atoms. The van der Waals surface area contributed by atoms with Crippen LogP contribution in [0.4, 0.5) is 10.1 Å². The van der Waals surface area contributed by atoms with Crippen molar-refractivity contribution in [1.29, 1.82) is 0 Å². The molecule has 8 heteroatoms. The highest BCUT2D eigenvalue weighted by molar-refractivity contribution is 7.92. The van der Waals surface area contributed by atoms with Crippen LogP contribution in [0.25, 0.3) is 0 Å². The van der Waals surface area contributed by atoms with Crippen molar-refractivity contribution in [2.75, 3.05) is 10.8 Å². The molecule has 5 nitrogen and oxygen atoms in total. The second-order valence-electron chi connectivity index (χ2n) is 5.46. The van der Waals surface area contributed by atoms with E-state index in [1.165, 1.54) is 12.1 Å². The molecular formula is C17H17ClFNO4S. The maximum atomic E-state index is 13.1. The average Bonchev–Trinajstić information content (AvgIpc) is 2.54. The highest BCUT2D eigenvalue weighted by Crippen LogP contribution is 2.28. The van der Waals surface area contributed by atoms with Gasteiger partial charge in [0.25, 0.3) is 10.0 Å². The fourth-order valence-electron chi connectivity index (χ4n) is 2.28. The van der Waals surface area contributed by atoms with Crippen molar-refractivity contribution in [1.82, 2.24) is 0 Å². The smallest absolute Gasteiger partial charge is 0.303 e. The van der Waals surface area contributed by atoms with Crippen molar-refractivity contribution in [2.24, 2.45) is 0 Å². The Labute approximate surface area is 150 Å². The van der Waals surface area contributed by atoms with Crippen molar-refractivity contribution in [3.63, 3.8) is 0 Å². The second kappa shape index (κ2) is 7.84. The van der Waals surface area contributed by atoms with Crippen LogP contribution in [0.2, 0.25) is 5.02 Å². The van der Waals surface area contributed by atoms with Gasteiger partial charge in [0.2, 0.25) is 0 Å². The van der Waals surface area contributed by atoms with Crippen LogP contribution >= 0.6 is 11.6 Å². The summed E-state index contributed by atoms with van der Waals surface area (Å²) in [4.78, 5) is 10.7. The third-order valence-electron chi connectivity index (χ3n) is 3.58. The zero-order valence-corrected chi connectivity index (χ0v) is 15.0. The molecule has 0 saturated carbocycles. The largest absolute Gasteiger partial charge is 0.481 e. The van der Waals surface area contributed by atoms with Crippen molar-refractivity contribution < 1.29 is 22.7 Å². The van der Waals surface area contributed by atoms with Crippen molar-refractivity contribution in [3.05, 3.63) is 58.9 Å². The summed E-state index contributed by atoms with van der Waals surface area (Å²) in [7, 11) is -3.97. The fourth-order valence-corrected chi connectivity index (χ4v) is 3.89. The van der Waals surface area contributed by atoms with Crippen molar-refractivity contribution >= 4 is 33.3 Å². The van der Waals surface area contributed by atoms with Gasteiger partial charge in [0.15, 0.2) is 0 Å². The van der Waals surface area contributed by atoms with Crippen LogP contribution in [0.3, 0.4) is 0 Å². The van der Waals surface area contributed by atoms with Crippen LogP contribution in [0.1, 0.15) is 18.4 Å². The summed E-state index contributed by atoms with van der Waals surface area (Å²) in [6, 6.07) is 9.23. The minimum Gasteiger partial charge on any atom is -0.481 e. The number of sulfonamides is 1. The van der Waals surface area contributed by atoms with Crippen LogP contribution < -0.4 is 4.31 Å². The average molecular weight is 386 g/mol. The van der Waals surface area contributed by atoms with Gasteiger partial charge >= 0.3 is 5.97 Å². The van der Waals surface area contributed by atoms with E-state index in [1.807, 2.05) is 0 Å². The molecule has 0 radical (unpaired) electrons. The van der Waals surface area contributed by atoms with E-state index >= 15 is 0 Å². The summed E-state index contributed by atoms with van der Waals surface area (Å²) in [5.41, 5.74) is 1.06. The molecule has 2 aromatic rings. The highest BCUT2D eigenvalue weighted by atomic mass is 35.5. The van der Waals surface area contributed by atoms with Crippen LogP contribution in [0.5, 0.6) is 0 Å². The number of benzene rings is 2. The Hall–Kier alpha value is -2.12. The molecule has 2 aromatic carbocycles. The van der Waals surface area contributed by atoms with Gasteiger partial charge in [-0.15, -0.1) is 0 Å². The van der Waals surface area contributed by atoms with Crippen LogP contribution in [0.15, 0.2) is 47.4 Å². The van der Waals surface area contributed by atoms with E-state index < -0.39 is 21.8 Å². The lowest BCUT2D eigenvalue weighted by Gasteiger charge is -2.25. The molecule has 134 valence electrons. The molecule has 25 heavy (non-hydrogen) atoms. The van der Waals surface area contributed by atoms with Gasteiger partial charge in [-0.3, -0.25) is 9.10 Å². The zero-order valence-electron chi connectivity index (χ0n) is 13.4. The van der Waals surface area contributed by atoms with E-state index in [0.717, 1.165) is 16.4 Å². The lowest BCUT2D eigenvalue weighted by atomic mass is 10.2. The Morgan fingerprint density at radius 3 is 2.40 bits per heavy atom. The Bertz CT molecular complexity index is 869. The maximum Gasteiger partial charge on any atom is 0.303 e. The summed E-state index contributed by atoms with van der Waals surface area (Å²) >= 11 is 5.99. The number of hydrogen-bond acceptors (Lipinski definition) is 3. The molecule has 0 atom stereocenters. The zero-order chi connectivity index (χ0) is 18.6. The number of carbonyl (C=O) groups is 1. The van der Waals surface area contributed by atoms with Gasteiger partial charge < -0.3 is 5.11 Å². The monoisotopic (exact) mass is 385 g/mol. The van der Waals surface area contributed by atoms with Gasteiger partial charge in [-0.25, -0.2) is 12.8 Å². The van der Waals surface area contributed by atoms with Gasteiger partial charge in [-0.2, -0.15) is 0 Å². The Balaban J connectivity index is 2.43. The predicted octanol–water partition coefficient (Wildman–Crippen LogP) is 3.85. The van der Waals surface area contributed by atoms with E-state index in [-0.39, 0.29) is 24.3 Å². The van der Waals surface area contributed by atoms with Gasteiger partial charge in [0.1, 0.15) is 5.82 Å². The molecule has 0 aliphatic heterocycles. The first kappa shape index (κ1) is 19.2. The van der Waals surface area contributed by atoms with E-state index in [2.05, 4.69) is 0 Å². The first-order chi connectivity index (χ1) is 11.7. The minimum atomic E-state index is -3.97. The molecule has 1 N–H and O–H groups in total. The molecular weight excluding hydrogens is 369 g/mol. The molecule has 0 aromatic heterocycles. The van der Waals surface area contributed by atoms with Gasteiger partial charge in [0, 0.05) is 18.0 Å². The van der Waals surface area contributed by atoms with E-state index in [4.69, 9.17) is 16.7 Å². The molecule has 0 heterocycles. The molecule has 0 unspecified atom stereocenters. The third-order valence-corrected chi connectivity index (χ3v) is 5.85. The topological polar surface area (TPSA) is 74.7 Å². The molecule has 0 saturated heterocycles. The van der Waals surface area contributed by atoms with Crippen LogP contribution in [-0.4, -0.2) is 26.0 Å². The van der Waals surface area contributed by atoms with Crippen molar-refractivity contribution in [3.8, 4) is 0 Å². The lowest BCUT2D eigenvalue weighted by molar-refractivity contribution is -0.137. The van der Waals surface area contributed by atoms with Crippen LogP contribution in [-0.2, 0) is 14.8 Å². The van der Waals surface area contributed by atoms with Gasteiger partial charge in [-0.1, -0.05) is 11.6 Å². The number of hydrogen-bond donors (Lipinski definition) is 1. The highest BCUT2D eigenvalue weighted by Gasteiger charge is 2.25. The SMILES string of the molecule is Cc1cc(N(CCCC(=O)O)S(=O)(=O)c2ccc(F)cc2)ccc1Cl. The first-order valence-corrected chi connectivity index (χ1v) is 9.30. The van der Waals surface area contributed by atoms with Gasteiger partial charge in [0.05, 0.1) is 10.6 Å². The maximum absolute atomic E-state index is 13.1. The van der Waals surface area contributed by atoms with Crippen LogP contribution in [0, 0.1) is 12.7 Å². The number of halogens is 2. The van der Waals surface area contributed by atoms with Crippen molar-refractivity contribution in [2.45, 2.75) is 24.7 Å². The number of aryl methyl sites for hydroxylation is 1. The number of carboxylic acids is 1. The third kappa shape index (κ3) is 4.70. The summed E-state index contributed by atoms with van der Waals surface area (Å²) in [5.74, 6) is -1.55. The van der Waals surface area contributed by atoms with Gasteiger partial charge in [-0.05, 0) is 61.4 Å². The quantitative estimate of drug-likeness (QED) is 0.785. The second-order valence-corrected chi connectivity index (χ2v) is 7.73. The number of nitrogens with zero attached hydrogens (tertiary/aromatic N) is 1. The lowest BCUT2D eigenvalue weighted by Crippen LogP contribution is -2.32. The molecule has 0 spiro atoms. The summed E-state index contributed by atoms with van der Waals surface area (Å²) in [5, 5.41) is 9.29. The number of anilines is 1. The Morgan fingerprint density at radius 1 is 1.20 bits per heavy atom. The molecule has 0 aliphatic carbocycles. The standard InChI is InChI=1S/C17H17ClFNO4S/c1-12-11-14(6-9-16(12)18)20(10-2-3-17(21)22)25(23,24)15-7-4-13(19)5-8-15/h4-9,11H,2-3,10H2,1H3,(H,21,22). The first-order valence-electron chi connectivity index (χ1n) is 7.48. The predicted molar refractivity (Wildman–Crippen MR) is 94.0 cm³/mol. The molecule has 0 fully saturated rings. The number of carboxylic acid groups (broad SMARTS) is 1. The molecule has 0 aliphatic rings. The summed E-state index contributed by atoms with van der Waals surface area (Å²) in [6.07, 6.45) is -0.0283. The summed E-state index contributed by atoms with van der Waals surface area (Å²) in [6.45, 7) is 1.72. The summed E-state index contributed by atoms with van der Waals surface area (Å²) < 4.78 is 40.1. The molecule has 2 rings (SSSR count). The molecule has 0 amide bonds. The van der Waals surface area contributed by atoms with E-state index in [9.17, 15) is 17.6 Å². The Morgan fingerprint density at radius 2 is 1.84 bits per heavy atom. The number of rotatable bonds is 7. The number of aliphatic carboxylic acids is 1. The van der Waals surface area contributed by atoms with E-state index in [1.54, 1.807) is 25.1 Å². The fraction of sp³-hybridized carbons (Fsp3) is 0.235. The minimum absolute atomic E-state index is 0.0208. The van der Waals surface area contributed by atoms with E-state index in [0.29, 0.717) is 16.3 Å². The Kier molecular flexibility index (Phi) is 6.02.